The van der Waals surface area contributed by atoms with E-state index in [2.05, 4.69) is 0 Å². The quantitative estimate of drug-likeness (QED) is 0.814. The molecule has 0 bridgehead atoms. The molecule has 0 radical (unpaired) electrons. The topological polar surface area (TPSA) is 110 Å². The number of carbonyl (C=O) groups is 3. The molecule has 7 nitrogen and oxygen atoms in total. The van der Waals surface area contributed by atoms with E-state index in [1.807, 2.05) is 0 Å². The Bertz CT molecular complexity index is 614. The zero-order chi connectivity index (χ0) is 17.7. The summed E-state index contributed by atoms with van der Waals surface area (Å²) in [6, 6.07) is 6.05. The Morgan fingerprint density at radius 3 is 2.54 bits per heavy atom. The third kappa shape index (κ3) is 4.24. The second-order valence-corrected chi connectivity index (χ2v) is 5.90. The van der Waals surface area contributed by atoms with Gasteiger partial charge in [-0.3, -0.25) is 14.4 Å². The zero-order valence-corrected chi connectivity index (χ0v) is 13.6. The Morgan fingerprint density at radius 1 is 1.29 bits per heavy atom. The Labute approximate surface area is 140 Å². The molecule has 0 aliphatic carbocycles. The number of nitrogens with two attached hydrogens (primary N) is 1. The molecule has 0 spiro atoms. The maximum Gasteiger partial charge on any atom is 0.308 e. The Balaban J connectivity index is 1.84. The smallest absolute Gasteiger partial charge is 0.308 e. The lowest BCUT2D eigenvalue weighted by Crippen LogP contribution is -2.49. The minimum Gasteiger partial charge on any atom is -0.493 e. The summed E-state index contributed by atoms with van der Waals surface area (Å²) < 4.78 is 5.50. The van der Waals surface area contributed by atoms with Crippen molar-refractivity contribution in [1.29, 1.82) is 0 Å². The molecule has 1 aliphatic heterocycles. The Kier molecular flexibility index (Phi) is 5.78. The molecular formula is C17H22N2O5. The van der Waals surface area contributed by atoms with Gasteiger partial charge in [0.1, 0.15) is 5.75 Å². The second kappa shape index (κ2) is 7.81. The zero-order valence-electron chi connectivity index (χ0n) is 13.6. The van der Waals surface area contributed by atoms with Crippen LogP contribution in [0, 0.1) is 5.92 Å². The number of carbonyl (C=O) groups excluding carboxylic acids is 2. The Hall–Kier alpha value is -2.57. The molecule has 1 aromatic rings. The summed E-state index contributed by atoms with van der Waals surface area (Å²) in [4.78, 5) is 36.1. The van der Waals surface area contributed by atoms with Crippen LogP contribution in [0.5, 0.6) is 5.75 Å². The first-order valence-corrected chi connectivity index (χ1v) is 7.95. The van der Waals surface area contributed by atoms with Crippen LogP contribution in [0.4, 0.5) is 0 Å². The van der Waals surface area contributed by atoms with Gasteiger partial charge in [-0.05, 0) is 44.0 Å². The van der Waals surface area contributed by atoms with E-state index < -0.39 is 17.8 Å². The summed E-state index contributed by atoms with van der Waals surface area (Å²) in [6.45, 7) is 2.55. The molecule has 7 heteroatoms. The first-order chi connectivity index (χ1) is 11.4. The van der Waals surface area contributed by atoms with Gasteiger partial charge in [-0.25, -0.2) is 0 Å². The molecule has 0 saturated carbocycles. The molecule has 2 rings (SSSR count). The number of carboxylic acid groups (broad SMARTS) is 1. The molecule has 2 amide bonds. The van der Waals surface area contributed by atoms with E-state index in [0.29, 0.717) is 30.7 Å². The number of rotatable bonds is 6. The van der Waals surface area contributed by atoms with E-state index in [1.54, 1.807) is 36.1 Å². The van der Waals surface area contributed by atoms with Crippen molar-refractivity contribution in [2.45, 2.75) is 32.2 Å². The van der Waals surface area contributed by atoms with Crippen molar-refractivity contribution in [1.82, 2.24) is 4.90 Å². The van der Waals surface area contributed by atoms with Crippen LogP contribution < -0.4 is 10.5 Å². The number of hydrogen-bond donors (Lipinski definition) is 2. The van der Waals surface area contributed by atoms with Crippen LogP contribution in [0.3, 0.4) is 0 Å². The first kappa shape index (κ1) is 17.8. The second-order valence-electron chi connectivity index (χ2n) is 5.90. The van der Waals surface area contributed by atoms with Gasteiger partial charge in [0.25, 0.3) is 0 Å². The lowest BCUT2D eigenvalue weighted by Gasteiger charge is -2.37. The van der Waals surface area contributed by atoms with Crippen LogP contribution in [0.1, 0.15) is 36.5 Å². The van der Waals surface area contributed by atoms with Crippen molar-refractivity contribution < 1.29 is 24.2 Å². The van der Waals surface area contributed by atoms with Gasteiger partial charge in [-0.1, -0.05) is 0 Å². The number of piperidine rings is 1. The number of aliphatic carboxylic acids is 1. The van der Waals surface area contributed by atoms with Crippen molar-refractivity contribution in [3.63, 3.8) is 0 Å². The lowest BCUT2D eigenvalue weighted by atomic mass is 9.90. The summed E-state index contributed by atoms with van der Waals surface area (Å²) in [6.07, 6.45) is 1.47. The van der Waals surface area contributed by atoms with E-state index in [-0.39, 0.29) is 25.0 Å². The van der Waals surface area contributed by atoms with Crippen LogP contribution in [-0.2, 0) is 9.59 Å². The average Bonchev–Trinajstić information content (AvgIpc) is 2.55. The van der Waals surface area contributed by atoms with Crippen molar-refractivity contribution in [3.8, 4) is 5.75 Å². The van der Waals surface area contributed by atoms with Crippen molar-refractivity contribution in [2.75, 3.05) is 13.2 Å². The van der Waals surface area contributed by atoms with Gasteiger partial charge in [0.15, 0.2) is 0 Å². The highest BCUT2D eigenvalue weighted by molar-refractivity contribution is 5.92. The van der Waals surface area contributed by atoms with Crippen LogP contribution in [0.15, 0.2) is 24.3 Å². The lowest BCUT2D eigenvalue weighted by molar-refractivity contribution is -0.149. The molecule has 1 saturated heterocycles. The summed E-state index contributed by atoms with van der Waals surface area (Å²) >= 11 is 0. The highest BCUT2D eigenvalue weighted by Gasteiger charge is 2.34. The average molecular weight is 334 g/mol. The molecule has 1 aliphatic rings. The van der Waals surface area contributed by atoms with E-state index >= 15 is 0 Å². The normalized spacial score (nSPS) is 20.5. The highest BCUT2D eigenvalue weighted by Crippen LogP contribution is 2.24. The maximum atomic E-state index is 12.3. The number of benzene rings is 1. The third-order valence-electron chi connectivity index (χ3n) is 4.35. The molecule has 2 atom stereocenters. The fraction of sp³-hybridized carbons (Fsp3) is 0.471. The predicted molar refractivity (Wildman–Crippen MR) is 86.6 cm³/mol. The highest BCUT2D eigenvalue weighted by atomic mass is 16.5. The molecule has 24 heavy (non-hydrogen) atoms. The minimum absolute atomic E-state index is 0.109. The van der Waals surface area contributed by atoms with E-state index in [4.69, 9.17) is 10.5 Å². The number of carboxylic acids is 1. The molecule has 3 N–H and O–H groups in total. The Morgan fingerprint density at radius 2 is 1.96 bits per heavy atom. The van der Waals surface area contributed by atoms with Gasteiger partial charge in [-0.2, -0.15) is 0 Å². The molecule has 0 unspecified atom stereocenters. The molecule has 1 heterocycles. The van der Waals surface area contributed by atoms with E-state index in [9.17, 15) is 19.5 Å². The monoisotopic (exact) mass is 334 g/mol. The fourth-order valence-corrected chi connectivity index (χ4v) is 2.94. The number of nitrogens with zero attached hydrogens (tertiary/aromatic N) is 1. The standard InChI is InChI=1S/C17H22N2O5/c1-11-14(17(22)23)3-2-9-19(11)15(20)8-10-24-13-6-4-12(5-7-13)16(18)21/h4-7,11,14H,2-3,8-10H2,1H3,(H2,18,21)(H,22,23)/t11-,14-/m1/s1. The van der Waals surface area contributed by atoms with Crippen LogP contribution in [-0.4, -0.2) is 47.0 Å². The van der Waals surface area contributed by atoms with Crippen LogP contribution in [0.25, 0.3) is 0 Å². The van der Waals surface area contributed by atoms with Crippen molar-refractivity contribution >= 4 is 17.8 Å². The predicted octanol–water partition coefficient (Wildman–Crippen LogP) is 1.27. The summed E-state index contributed by atoms with van der Waals surface area (Å²) in [5, 5.41) is 9.20. The van der Waals surface area contributed by atoms with Gasteiger partial charge in [0.05, 0.1) is 18.9 Å². The first-order valence-electron chi connectivity index (χ1n) is 7.95. The van der Waals surface area contributed by atoms with Gasteiger partial charge in [-0.15, -0.1) is 0 Å². The summed E-state index contributed by atoms with van der Waals surface area (Å²) in [5.41, 5.74) is 5.55. The fourth-order valence-electron chi connectivity index (χ4n) is 2.94. The number of hydrogen-bond acceptors (Lipinski definition) is 4. The van der Waals surface area contributed by atoms with Gasteiger partial charge in [0, 0.05) is 18.2 Å². The number of likely N-dealkylation sites (tertiary alicyclic amines) is 1. The van der Waals surface area contributed by atoms with Gasteiger partial charge < -0.3 is 20.5 Å². The third-order valence-corrected chi connectivity index (χ3v) is 4.35. The van der Waals surface area contributed by atoms with Crippen molar-refractivity contribution in [3.05, 3.63) is 29.8 Å². The number of primary amides is 1. The summed E-state index contributed by atoms with van der Waals surface area (Å²) in [7, 11) is 0. The van der Waals surface area contributed by atoms with Crippen LogP contribution >= 0.6 is 0 Å². The van der Waals surface area contributed by atoms with Gasteiger partial charge in [0.2, 0.25) is 11.8 Å². The van der Waals surface area contributed by atoms with Crippen LogP contribution in [0.2, 0.25) is 0 Å². The molecule has 1 fully saturated rings. The van der Waals surface area contributed by atoms with Gasteiger partial charge >= 0.3 is 5.97 Å². The molecule has 130 valence electrons. The molecule has 1 aromatic carbocycles. The minimum atomic E-state index is -0.856. The molecule has 0 aromatic heterocycles. The largest absolute Gasteiger partial charge is 0.493 e. The maximum absolute atomic E-state index is 12.3. The SMILES string of the molecule is C[C@@H]1[C@H](C(=O)O)CCCN1C(=O)CCOc1ccc(C(N)=O)cc1. The number of ether oxygens (including phenoxy) is 1. The van der Waals surface area contributed by atoms with Crippen molar-refractivity contribution in [2.24, 2.45) is 11.7 Å². The van der Waals surface area contributed by atoms with E-state index in [0.717, 1.165) is 0 Å². The molecular weight excluding hydrogens is 312 g/mol. The number of amides is 2. The van der Waals surface area contributed by atoms with E-state index in [1.165, 1.54) is 0 Å². The summed E-state index contributed by atoms with van der Waals surface area (Å²) in [5.74, 6) is -1.44.